The number of carbonyl (C=O) groups is 1. The smallest absolute Gasteiger partial charge is 0.360 e. The third-order valence-corrected chi connectivity index (χ3v) is 3.11. The molecule has 8 nitrogen and oxygen atoms in total. The highest BCUT2D eigenvalue weighted by atomic mass is 16.5. The van der Waals surface area contributed by atoms with Gasteiger partial charge in [0, 0.05) is 12.6 Å². The van der Waals surface area contributed by atoms with E-state index in [4.69, 9.17) is 10.5 Å². The van der Waals surface area contributed by atoms with Gasteiger partial charge in [0.1, 0.15) is 0 Å². The zero-order valence-electron chi connectivity index (χ0n) is 12.5. The molecule has 21 heavy (non-hydrogen) atoms. The minimum Gasteiger partial charge on any atom is -0.461 e. The lowest BCUT2D eigenvalue weighted by Crippen LogP contribution is -2.16. The Hall–Kier alpha value is -2.22. The first-order chi connectivity index (χ1) is 10.1. The van der Waals surface area contributed by atoms with Crippen molar-refractivity contribution >= 4 is 5.97 Å². The lowest BCUT2D eigenvalue weighted by molar-refractivity contribution is 0.0518. The Morgan fingerprint density at radius 1 is 1.48 bits per heavy atom. The van der Waals surface area contributed by atoms with Crippen LogP contribution in [0.25, 0.3) is 0 Å². The summed E-state index contributed by atoms with van der Waals surface area (Å²) >= 11 is 0. The van der Waals surface area contributed by atoms with E-state index in [0.717, 1.165) is 5.69 Å². The van der Waals surface area contributed by atoms with Crippen LogP contribution in [0.3, 0.4) is 0 Å². The summed E-state index contributed by atoms with van der Waals surface area (Å²) < 4.78 is 8.60. The molecular formula is C13H20N6O2. The summed E-state index contributed by atoms with van der Waals surface area (Å²) in [6.07, 6.45) is 3.54. The molecule has 2 aromatic heterocycles. The molecule has 0 saturated carbocycles. The van der Waals surface area contributed by atoms with Gasteiger partial charge in [-0.3, -0.25) is 0 Å². The number of nitrogens with zero attached hydrogens (tertiary/aromatic N) is 5. The number of imidazole rings is 1. The molecule has 0 amide bonds. The summed E-state index contributed by atoms with van der Waals surface area (Å²) in [5, 5.41) is 7.90. The highest BCUT2D eigenvalue weighted by molar-refractivity contribution is 5.88. The van der Waals surface area contributed by atoms with E-state index < -0.39 is 5.97 Å². The number of esters is 1. The largest absolute Gasteiger partial charge is 0.461 e. The Kier molecular flexibility index (Phi) is 4.69. The number of nitrogens with two attached hydrogens (primary N) is 1. The van der Waals surface area contributed by atoms with Gasteiger partial charge in [0.25, 0.3) is 0 Å². The molecule has 0 aliphatic rings. The zero-order valence-corrected chi connectivity index (χ0v) is 12.5. The maximum Gasteiger partial charge on any atom is 0.360 e. The number of hydrogen-bond acceptors (Lipinski definition) is 6. The summed E-state index contributed by atoms with van der Waals surface area (Å²) in [4.78, 5) is 15.9. The van der Waals surface area contributed by atoms with Crippen LogP contribution in [0.15, 0.2) is 12.5 Å². The van der Waals surface area contributed by atoms with Crippen molar-refractivity contribution in [2.45, 2.75) is 39.9 Å². The van der Waals surface area contributed by atoms with Gasteiger partial charge in [-0.25, -0.2) is 14.5 Å². The first kappa shape index (κ1) is 15.2. The molecule has 0 unspecified atom stereocenters. The molecule has 2 heterocycles. The van der Waals surface area contributed by atoms with Crippen molar-refractivity contribution in [1.29, 1.82) is 0 Å². The topological polar surface area (TPSA) is 101 Å². The number of aromatic nitrogens is 5. The Balaban J connectivity index is 2.28. The van der Waals surface area contributed by atoms with Crippen molar-refractivity contribution < 1.29 is 9.53 Å². The first-order valence-corrected chi connectivity index (χ1v) is 6.88. The Bertz CT molecular complexity index is 616. The van der Waals surface area contributed by atoms with Crippen molar-refractivity contribution in [2.24, 2.45) is 5.73 Å². The molecule has 0 bridgehead atoms. The number of carbonyl (C=O) groups excluding carboxylic acids is 1. The standard InChI is InChI=1S/C13H20N6O2/c1-4-21-13(20)12-11(5-14)19(17-16-12)7-10-6-15-8-18(10)9(2)3/h6,8-9H,4-5,7,14H2,1-3H3. The molecule has 0 saturated heterocycles. The van der Waals surface area contributed by atoms with E-state index in [1.165, 1.54) is 0 Å². The quantitative estimate of drug-likeness (QED) is 0.788. The molecule has 0 aliphatic carbocycles. The Labute approximate surface area is 122 Å². The number of hydrogen-bond donors (Lipinski definition) is 1. The maximum absolute atomic E-state index is 11.8. The molecule has 2 aromatic rings. The monoisotopic (exact) mass is 292 g/mol. The van der Waals surface area contributed by atoms with Crippen LogP contribution in [-0.4, -0.2) is 37.1 Å². The molecular weight excluding hydrogens is 272 g/mol. The summed E-state index contributed by atoms with van der Waals surface area (Å²) in [5.74, 6) is -0.499. The van der Waals surface area contributed by atoms with E-state index in [1.807, 2.05) is 4.57 Å². The van der Waals surface area contributed by atoms with Crippen molar-refractivity contribution in [3.05, 3.63) is 29.6 Å². The summed E-state index contributed by atoms with van der Waals surface area (Å²) in [6, 6.07) is 0.289. The maximum atomic E-state index is 11.8. The van der Waals surface area contributed by atoms with Gasteiger partial charge < -0.3 is 15.0 Å². The second kappa shape index (κ2) is 6.49. The lowest BCUT2D eigenvalue weighted by atomic mass is 10.3. The molecule has 8 heteroatoms. The van der Waals surface area contributed by atoms with Crippen LogP contribution in [0.1, 0.15) is 48.7 Å². The van der Waals surface area contributed by atoms with Gasteiger partial charge in [-0.1, -0.05) is 5.21 Å². The third-order valence-electron chi connectivity index (χ3n) is 3.11. The average Bonchev–Trinajstić information content (AvgIpc) is 3.05. The van der Waals surface area contributed by atoms with Crippen LogP contribution >= 0.6 is 0 Å². The van der Waals surface area contributed by atoms with Crippen LogP contribution in [0, 0.1) is 0 Å². The minimum absolute atomic E-state index is 0.164. The van der Waals surface area contributed by atoms with Crippen molar-refractivity contribution in [1.82, 2.24) is 24.5 Å². The molecule has 2 N–H and O–H groups in total. The van der Waals surface area contributed by atoms with Gasteiger partial charge in [0.2, 0.25) is 0 Å². The third kappa shape index (κ3) is 3.10. The van der Waals surface area contributed by atoms with Crippen molar-refractivity contribution in [3.8, 4) is 0 Å². The molecule has 0 radical (unpaired) electrons. The molecule has 0 atom stereocenters. The van der Waals surface area contributed by atoms with Crippen LogP contribution in [0.2, 0.25) is 0 Å². The van der Waals surface area contributed by atoms with Crippen LogP contribution in [0.4, 0.5) is 0 Å². The van der Waals surface area contributed by atoms with Gasteiger partial charge in [-0.15, -0.1) is 5.10 Å². The fraction of sp³-hybridized carbons (Fsp3) is 0.538. The van der Waals surface area contributed by atoms with Crippen LogP contribution in [0.5, 0.6) is 0 Å². The zero-order chi connectivity index (χ0) is 15.4. The lowest BCUT2D eigenvalue weighted by Gasteiger charge is -2.12. The van der Waals surface area contributed by atoms with E-state index in [-0.39, 0.29) is 24.9 Å². The Morgan fingerprint density at radius 2 is 2.24 bits per heavy atom. The first-order valence-electron chi connectivity index (χ1n) is 6.88. The number of rotatable bonds is 6. The van der Waals surface area contributed by atoms with Crippen molar-refractivity contribution in [2.75, 3.05) is 6.61 Å². The summed E-state index contributed by atoms with van der Waals surface area (Å²) in [5.41, 5.74) is 7.43. The fourth-order valence-corrected chi connectivity index (χ4v) is 2.09. The highest BCUT2D eigenvalue weighted by Gasteiger charge is 2.20. The highest BCUT2D eigenvalue weighted by Crippen LogP contribution is 2.13. The normalized spacial score (nSPS) is 11.1. The van der Waals surface area contributed by atoms with Gasteiger partial charge in [0.05, 0.1) is 37.1 Å². The van der Waals surface area contributed by atoms with E-state index in [2.05, 4.69) is 29.1 Å². The fourth-order valence-electron chi connectivity index (χ4n) is 2.09. The van der Waals surface area contributed by atoms with E-state index in [9.17, 15) is 4.79 Å². The Morgan fingerprint density at radius 3 is 2.86 bits per heavy atom. The van der Waals surface area contributed by atoms with Gasteiger partial charge in [-0.2, -0.15) is 0 Å². The minimum atomic E-state index is -0.499. The summed E-state index contributed by atoms with van der Waals surface area (Å²) in [6.45, 7) is 6.79. The molecule has 114 valence electrons. The van der Waals surface area contributed by atoms with E-state index in [0.29, 0.717) is 12.2 Å². The predicted octanol–water partition coefficient (Wildman–Crippen LogP) is 0.739. The average molecular weight is 292 g/mol. The van der Waals surface area contributed by atoms with Crippen LogP contribution in [-0.2, 0) is 17.8 Å². The van der Waals surface area contributed by atoms with E-state index >= 15 is 0 Å². The SMILES string of the molecule is CCOC(=O)c1nnn(Cc2cncn2C(C)C)c1CN. The molecule has 0 spiro atoms. The number of ether oxygens (including phenoxy) is 1. The van der Waals surface area contributed by atoms with Crippen LogP contribution < -0.4 is 5.73 Å². The van der Waals surface area contributed by atoms with E-state index in [1.54, 1.807) is 24.1 Å². The molecule has 0 aliphatic heterocycles. The molecule has 2 rings (SSSR count). The second-order valence-corrected chi connectivity index (χ2v) is 4.85. The molecule has 0 fully saturated rings. The summed E-state index contributed by atoms with van der Waals surface area (Å²) in [7, 11) is 0. The van der Waals surface area contributed by atoms with Crippen molar-refractivity contribution in [3.63, 3.8) is 0 Å². The molecule has 0 aromatic carbocycles. The van der Waals surface area contributed by atoms with Gasteiger partial charge >= 0.3 is 5.97 Å². The van der Waals surface area contributed by atoms with Gasteiger partial charge in [-0.05, 0) is 20.8 Å². The van der Waals surface area contributed by atoms with Gasteiger partial charge in [0.15, 0.2) is 5.69 Å². The predicted molar refractivity (Wildman–Crippen MR) is 75.6 cm³/mol. The second-order valence-electron chi connectivity index (χ2n) is 4.85.